The molecule has 198 valence electrons. The van der Waals surface area contributed by atoms with Crippen LogP contribution in [0.4, 0.5) is 0 Å². The van der Waals surface area contributed by atoms with E-state index in [4.69, 9.17) is 5.73 Å². The van der Waals surface area contributed by atoms with Crippen molar-refractivity contribution in [2.24, 2.45) is 23.5 Å². The molecule has 3 atom stereocenters. The summed E-state index contributed by atoms with van der Waals surface area (Å²) in [7, 11) is 0. The Balaban J connectivity index is 1.74. The van der Waals surface area contributed by atoms with Gasteiger partial charge in [0.25, 0.3) is 0 Å². The van der Waals surface area contributed by atoms with E-state index >= 15 is 0 Å². The van der Waals surface area contributed by atoms with Crippen molar-refractivity contribution in [3.63, 3.8) is 0 Å². The maximum atomic E-state index is 13.5. The van der Waals surface area contributed by atoms with Crippen LogP contribution in [0.5, 0.6) is 0 Å². The third kappa shape index (κ3) is 7.87. The van der Waals surface area contributed by atoms with E-state index in [9.17, 15) is 19.2 Å². The summed E-state index contributed by atoms with van der Waals surface area (Å²) in [5, 5.41) is 2.96. The number of hydrogen-bond donors (Lipinski definition) is 2. The average molecular weight is 618 g/mol. The van der Waals surface area contributed by atoms with Gasteiger partial charge in [-0.3, -0.25) is 19.2 Å². The van der Waals surface area contributed by atoms with Gasteiger partial charge in [-0.05, 0) is 43.2 Å². The molecule has 1 heterocycles. The van der Waals surface area contributed by atoms with Crippen molar-refractivity contribution in [1.29, 1.82) is 0 Å². The highest BCUT2D eigenvalue weighted by Gasteiger charge is 2.35. The highest BCUT2D eigenvalue weighted by Crippen LogP contribution is 2.24. The molecular weight excluding hydrogens is 581 g/mol. The van der Waals surface area contributed by atoms with Crippen LogP contribution in [0.3, 0.4) is 0 Å². The van der Waals surface area contributed by atoms with Crippen LogP contribution >= 0.6 is 22.6 Å². The van der Waals surface area contributed by atoms with Gasteiger partial charge in [0.15, 0.2) is 5.78 Å². The van der Waals surface area contributed by atoms with Crippen LogP contribution in [-0.4, -0.2) is 45.4 Å². The molecule has 7 nitrogen and oxygen atoms in total. The molecule has 0 radical (unpaired) electrons. The van der Waals surface area contributed by atoms with Crippen molar-refractivity contribution in [3.8, 4) is 0 Å². The molecular formula is C29H36IN3O4. The van der Waals surface area contributed by atoms with Crippen LogP contribution in [0.15, 0.2) is 54.6 Å². The topological polar surface area (TPSA) is 110 Å². The molecule has 2 aromatic carbocycles. The van der Waals surface area contributed by atoms with E-state index in [1.165, 1.54) is 0 Å². The van der Waals surface area contributed by atoms with Gasteiger partial charge in [-0.2, -0.15) is 0 Å². The quantitative estimate of drug-likeness (QED) is 0.225. The molecule has 3 N–H and O–H groups in total. The fourth-order valence-electron chi connectivity index (χ4n) is 4.81. The number of carbonyl (C=O) groups is 4. The van der Waals surface area contributed by atoms with Gasteiger partial charge in [-0.15, -0.1) is 0 Å². The van der Waals surface area contributed by atoms with E-state index in [-0.39, 0.29) is 23.5 Å². The fourth-order valence-corrected chi connectivity index (χ4v) is 5.85. The number of ketones is 1. The predicted octanol–water partition coefficient (Wildman–Crippen LogP) is 4.11. The second kappa shape index (κ2) is 13.7. The SMILES string of the molecule is CC(C)CC(C(=O)NC1CCCCN(Cc2cccc(C(=O)c3ccccc3)c2)C1=O)[C@H](CI)C(N)=O. The second-order valence-electron chi connectivity index (χ2n) is 10.1. The number of amides is 3. The first-order valence-corrected chi connectivity index (χ1v) is 14.4. The number of carbonyl (C=O) groups excluding carboxylic acids is 4. The number of nitrogens with zero attached hydrogens (tertiary/aromatic N) is 1. The molecule has 1 aliphatic heterocycles. The zero-order valence-corrected chi connectivity index (χ0v) is 23.6. The second-order valence-corrected chi connectivity index (χ2v) is 11.0. The van der Waals surface area contributed by atoms with E-state index in [1.807, 2.05) is 50.2 Å². The summed E-state index contributed by atoms with van der Waals surface area (Å²) in [4.78, 5) is 53.5. The Hall–Kier alpha value is -2.75. The Morgan fingerprint density at radius 3 is 2.38 bits per heavy atom. The van der Waals surface area contributed by atoms with Crippen LogP contribution in [0, 0.1) is 17.8 Å². The van der Waals surface area contributed by atoms with Crippen LogP contribution in [0.25, 0.3) is 0 Å². The van der Waals surface area contributed by atoms with E-state index in [2.05, 4.69) is 27.9 Å². The maximum absolute atomic E-state index is 13.5. The number of benzene rings is 2. The molecule has 3 amide bonds. The molecule has 0 spiro atoms. The standard InChI is InChI=1S/C29H36IN3O4/c1-19(2)15-23(24(17-30)27(31)35)28(36)32-25-13-6-7-14-33(29(25)37)18-20-9-8-12-22(16-20)26(34)21-10-4-3-5-11-21/h3-5,8-12,16,19,23-25H,6-7,13-15,17-18H2,1-2H3,(H2,31,35)(H,32,36)/t23?,24-,25?/m0/s1. The fraction of sp³-hybridized carbons (Fsp3) is 0.448. The molecule has 1 aliphatic rings. The molecule has 2 aromatic rings. The lowest BCUT2D eigenvalue weighted by molar-refractivity contribution is -0.139. The molecule has 1 saturated heterocycles. The summed E-state index contributed by atoms with van der Waals surface area (Å²) in [5.74, 6) is -1.93. The minimum atomic E-state index is -0.651. The molecule has 1 fully saturated rings. The van der Waals surface area contributed by atoms with E-state index in [0.29, 0.717) is 41.5 Å². The predicted molar refractivity (Wildman–Crippen MR) is 152 cm³/mol. The first-order chi connectivity index (χ1) is 17.7. The number of halogens is 1. The number of alkyl halides is 1. The van der Waals surface area contributed by atoms with Crippen molar-refractivity contribution in [3.05, 3.63) is 71.3 Å². The van der Waals surface area contributed by atoms with Gasteiger partial charge in [0, 0.05) is 28.6 Å². The van der Waals surface area contributed by atoms with Gasteiger partial charge >= 0.3 is 0 Å². The lowest BCUT2D eigenvalue weighted by Gasteiger charge is -2.28. The van der Waals surface area contributed by atoms with E-state index in [0.717, 1.165) is 18.4 Å². The Labute approximate surface area is 232 Å². The number of rotatable bonds is 11. The highest BCUT2D eigenvalue weighted by molar-refractivity contribution is 14.1. The van der Waals surface area contributed by atoms with Crippen LogP contribution in [0.1, 0.15) is 61.0 Å². The third-order valence-electron chi connectivity index (χ3n) is 6.78. The summed E-state index contributed by atoms with van der Waals surface area (Å²) < 4.78 is 0.445. The first-order valence-electron chi connectivity index (χ1n) is 12.8. The maximum Gasteiger partial charge on any atom is 0.245 e. The molecule has 0 aliphatic carbocycles. The average Bonchev–Trinajstić information content (AvgIpc) is 3.04. The monoisotopic (exact) mass is 617 g/mol. The molecule has 2 unspecified atom stereocenters. The first kappa shape index (κ1) is 28.8. The Kier molecular flexibility index (Phi) is 10.7. The summed E-state index contributed by atoms with van der Waals surface area (Å²) >= 11 is 2.09. The van der Waals surface area contributed by atoms with Gasteiger partial charge in [-0.25, -0.2) is 0 Å². The summed E-state index contributed by atoms with van der Waals surface area (Å²) in [6.45, 7) is 4.94. The molecule has 0 saturated carbocycles. The van der Waals surface area contributed by atoms with Gasteiger partial charge in [0.1, 0.15) is 6.04 Å². The molecule has 0 bridgehead atoms. The highest BCUT2D eigenvalue weighted by atomic mass is 127. The van der Waals surface area contributed by atoms with E-state index in [1.54, 1.807) is 23.1 Å². The molecule has 8 heteroatoms. The molecule has 37 heavy (non-hydrogen) atoms. The lowest BCUT2D eigenvalue weighted by Crippen LogP contribution is -2.51. The van der Waals surface area contributed by atoms with Crippen LogP contribution < -0.4 is 11.1 Å². The Morgan fingerprint density at radius 2 is 1.73 bits per heavy atom. The summed E-state index contributed by atoms with van der Waals surface area (Å²) in [6.07, 6.45) is 2.71. The van der Waals surface area contributed by atoms with Gasteiger partial charge in [-0.1, -0.05) is 85.0 Å². The number of hydrogen-bond acceptors (Lipinski definition) is 4. The van der Waals surface area contributed by atoms with Crippen molar-refractivity contribution >= 4 is 46.1 Å². The minimum absolute atomic E-state index is 0.0646. The number of primary amides is 1. The molecule has 0 aromatic heterocycles. The smallest absolute Gasteiger partial charge is 0.245 e. The van der Waals surface area contributed by atoms with Crippen molar-refractivity contribution in [2.45, 2.75) is 52.1 Å². The van der Waals surface area contributed by atoms with Gasteiger partial charge in [0.2, 0.25) is 17.7 Å². The lowest BCUT2D eigenvalue weighted by atomic mass is 9.85. The largest absolute Gasteiger partial charge is 0.369 e. The van der Waals surface area contributed by atoms with Crippen LogP contribution in [0.2, 0.25) is 0 Å². The Morgan fingerprint density at radius 1 is 1.03 bits per heavy atom. The number of nitrogens with one attached hydrogen (secondary N) is 1. The Bertz CT molecular complexity index is 1110. The zero-order valence-electron chi connectivity index (χ0n) is 21.5. The van der Waals surface area contributed by atoms with Crippen LogP contribution in [-0.2, 0) is 20.9 Å². The van der Waals surface area contributed by atoms with Gasteiger partial charge < -0.3 is 16.0 Å². The normalized spacial score (nSPS) is 17.7. The van der Waals surface area contributed by atoms with Crippen molar-refractivity contribution < 1.29 is 19.2 Å². The molecule has 3 rings (SSSR count). The van der Waals surface area contributed by atoms with Crippen molar-refractivity contribution in [2.75, 3.05) is 11.0 Å². The minimum Gasteiger partial charge on any atom is -0.369 e. The summed E-state index contributed by atoms with van der Waals surface area (Å²) in [5.41, 5.74) is 7.65. The van der Waals surface area contributed by atoms with Crippen molar-refractivity contribution in [1.82, 2.24) is 10.2 Å². The third-order valence-corrected chi connectivity index (χ3v) is 7.72. The van der Waals surface area contributed by atoms with Gasteiger partial charge in [0.05, 0.1) is 11.8 Å². The number of likely N-dealkylation sites (tertiary alicyclic amines) is 1. The van der Waals surface area contributed by atoms with E-state index < -0.39 is 23.8 Å². The zero-order chi connectivity index (χ0) is 26.9. The number of nitrogens with two attached hydrogens (primary N) is 1. The summed E-state index contributed by atoms with van der Waals surface area (Å²) in [6, 6.07) is 15.8.